The predicted octanol–water partition coefficient (Wildman–Crippen LogP) is 1.79. The van der Waals surface area contributed by atoms with Crippen molar-refractivity contribution in [1.82, 2.24) is 10.3 Å². The van der Waals surface area contributed by atoms with Crippen LogP contribution in [0.3, 0.4) is 0 Å². The van der Waals surface area contributed by atoms with Crippen LogP contribution in [-0.2, 0) is 4.79 Å². The van der Waals surface area contributed by atoms with Gasteiger partial charge in [0.1, 0.15) is 10.6 Å². The second-order valence-corrected chi connectivity index (χ2v) is 5.62. The SMILES string of the molecule is CCNC(C)(CSc1ncccc1Br)C(N)=O. The van der Waals surface area contributed by atoms with Gasteiger partial charge in [-0.3, -0.25) is 4.79 Å². The Kier molecular flexibility index (Phi) is 5.42. The van der Waals surface area contributed by atoms with Crippen LogP contribution in [0, 0.1) is 0 Å². The molecule has 1 heterocycles. The second kappa shape index (κ2) is 6.37. The van der Waals surface area contributed by atoms with Crippen molar-refractivity contribution >= 4 is 33.6 Å². The quantitative estimate of drug-likeness (QED) is 0.785. The normalized spacial score (nSPS) is 14.3. The van der Waals surface area contributed by atoms with Crippen molar-refractivity contribution in [1.29, 1.82) is 0 Å². The summed E-state index contributed by atoms with van der Waals surface area (Å²) in [5.41, 5.74) is 4.70. The highest BCUT2D eigenvalue weighted by atomic mass is 79.9. The molecule has 6 heteroatoms. The van der Waals surface area contributed by atoms with Gasteiger partial charge in [-0.1, -0.05) is 6.92 Å². The van der Waals surface area contributed by atoms with Crippen LogP contribution < -0.4 is 11.1 Å². The topological polar surface area (TPSA) is 68.0 Å². The maximum absolute atomic E-state index is 11.4. The number of nitrogens with one attached hydrogen (secondary N) is 1. The Labute approximate surface area is 114 Å². The lowest BCUT2D eigenvalue weighted by molar-refractivity contribution is -0.122. The zero-order valence-electron chi connectivity index (χ0n) is 9.87. The van der Waals surface area contributed by atoms with Crippen LogP contribution in [-0.4, -0.2) is 28.7 Å². The van der Waals surface area contributed by atoms with Gasteiger partial charge >= 0.3 is 0 Å². The first-order valence-electron chi connectivity index (χ1n) is 5.28. The summed E-state index contributed by atoms with van der Waals surface area (Å²) in [6.45, 7) is 4.45. The van der Waals surface area contributed by atoms with E-state index in [0.29, 0.717) is 12.3 Å². The molecule has 1 aromatic heterocycles. The fourth-order valence-corrected chi connectivity index (χ4v) is 2.90. The molecule has 1 amide bonds. The van der Waals surface area contributed by atoms with Crippen LogP contribution in [0.15, 0.2) is 27.8 Å². The highest BCUT2D eigenvalue weighted by Crippen LogP contribution is 2.27. The Bertz CT molecular complexity index is 402. The Balaban J connectivity index is 2.71. The van der Waals surface area contributed by atoms with E-state index in [-0.39, 0.29) is 5.91 Å². The number of amides is 1. The molecule has 1 unspecified atom stereocenters. The summed E-state index contributed by atoms with van der Waals surface area (Å²) >= 11 is 4.92. The lowest BCUT2D eigenvalue weighted by atomic mass is 10.1. The Morgan fingerprint density at radius 3 is 2.94 bits per heavy atom. The highest BCUT2D eigenvalue weighted by Gasteiger charge is 2.30. The molecule has 4 nitrogen and oxygen atoms in total. The molecule has 0 bridgehead atoms. The van der Waals surface area contributed by atoms with Crippen molar-refractivity contribution in [2.24, 2.45) is 5.73 Å². The minimum Gasteiger partial charge on any atom is -0.368 e. The lowest BCUT2D eigenvalue weighted by Crippen LogP contribution is -2.55. The van der Waals surface area contributed by atoms with Gasteiger partial charge in [0.2, 0.25) is 5.91 Å². The van der Waals surface area contributed by atoms with E-state index in [1.165, 1.54) is 11.8 Å². The first-order valence-corrected chi connectivity index (χ1v) is 7.05. The average molecular weight is 318 g/mol. The van der Waals surface area contributed by atoms with Crippen LogP contribution in [0.25, 0.3) is 0 Å². The van der Waals surface area contributed by atoms with E-state index in [1.54, 1.807) is 6.20 Å². The van der Waals surface area contributed by atoms with Crippen molar-refractivity contribution in [3.8, 4) is 0 Å². The van der Waals surface area contributed by atoms with Crippen molar-refractivity contribution in [2.45, 2.75) is 24.4 Å². The Morgan fingerprint density at radius 2 is 2.41 bits per heavy atom. The average Bonchev–Trinajstić information content (AvgIpc) is 2.28. The molecule has 1 atom stereocenters. The number of primary amides is 1. The summed E-state index contributed by atoms with van der Waals surface area (Å²) < 4.78 is 0.924. The third-order valence-electron chi connectivity index (χ3n) is 2.33. The first-order chi connectivity index (χ1) is 7.99. The number of nitrogens with zero attached hydrogens (tertiary/aromatic N) is 1. The Hall–Kier alpha value is -0.590. The smallest absolute Gasteiger partial charge is 0.238 e. The molecular formula is C11H16BrN3OS. The zero-order chi connectivity index (χ0) is 12.9. The van der Waals surface area contributed by atoms with Gasteiger partial charge in [-0.05, 0) is 41.5 Å². The standard InChI is InChI=1S/C11H16BrN3OS/c1-3-15-11(2,10(13)16)7-17-9-8(12)5-4-6-14-9/h4-6,15H,3,7H2,1-2H3,(H2,13,16). The summed E-state index contributed by atoms with van der Waals surface area (Å²) in [6, 6.07) is 3.77. The van der Waals surface area contributed by atoms with Gasteiger partial charge in [-0.2, -0.15) is 0 Å². The molecule has 0 fully saturated rings. The molecule has 0 aliphatic heterocycles. The number of hydrogen-bond acceptors (Lipinski definition) is 4. The molecule has 17 heavy (non-hydrogen) atoms. The summed E-state index contributed by atoms with van der Waals surface area (Å²) in [4.78, 5) is 15.7. The Morgan fingerprint density at radius 1 is 1.71 bits per heavy atom. The maximum atomic E-state index is 11.4. The molecule has 0 aliphatic carbocycles. The van der Waals surface area contributed by atoms with Gasteiger partial charge in [0.25, 0.3) is 0 Å². The van der Waals surface area contributed by atoms with Crippen molar-refractivity contribution in [2.75, 3.05) is 12.3 Å². The number of pyridine rings is 1. The van der Waals surface area contributed by atoms with Crippen LogP contribution >= 0.6 is 27.7 Å². The third kappa shape index (κ3) is 3.97. The van der Waals surface area contributed by atoms with E-state index in [4.69, 9.17) is 5.73 Å². The minimum absolute atomic E-state index is 0.348. The molecular weight excluding hydrogens is 302 g/mol. The number of hydrogen-bond donors (Lipinski definition) is 2. The number of nitrogens with two attached hydrogens (primary N) is 1. The molecule has 0 aromatic carbocycles. The number of aromatic nitrogens is 1. The molecule has 0 spiro atoms. The summed E-state index contributed by atoms with van der Waals surface area (Å²) in [5.74, 6) is 0.199. The number of halogens is 1. The summed E-state index contributed by atoms with van der Waals surface area (Å²) in [5, 5.41) is 3.97. The number of carbonyl (C=O) groups excluding carboxylic acids is 1. The van der Waals surface area contributed by atoms with Crippen molar-refractivity contribution in [3.63, 3.8) is 0 Å². The van der Waals surface area contributed by atoms with Crippen molar-refractivity contribution in [3.05, 3.63) is 22.8 Å². The molecule has 3 N–H and O–H groups in total. The van der Waals surface area contributed by atoms with Gasteiger partial charge in [0.15, 0.2) is 0 Å². The molecule has 0 radical (unpaired) electrons. The highest BCUT2D eigenvalue weighted by molar-refractivity contribution is 9.10. The molecule has 1 aromatic rings. The van der Waals surface area contributed by atoms with Gasteiger partial charge in [-0.25, -0.2) is 4.98 Å². The van der Waals surface area contributed by atoms with Crippen LogP contribution in [0.2, 0.25) is 0 Å². The number of likely N-dealkylation sites (N-methyl/N-ethyl adjacent to an activating group) is 1. The fourth-order valence-electron chi connectivity index (χ4n) is 1.29. The van der Waals surface area contributed by atoms with E-state index in [0.717, 1.165) is 9.50 Å². The van der Waals surface area contributed by atoms with Gasteiger partial charge < -0.3 is 11.1 Å². The van der Waals surface area contributed by atoms with Crippen molar-refractivity contribution < 1.29 is 4.79 Å². The molecule has 0 aliphatic rings. The molecule has 0 saturated heterocycles. The number of thioether (sulfide) groups is 1. The molecule has 0 saturated carbocycles. The number of carbonyl (C=O) groups is 1. The van der Waals surface area contributed by atoms with Crippen LogP contribution in [0.5, 0.6) is 0 Å². The summed E-state index contributed by atoms with van der Waals surface area (Å²) in [7, 11) is 0. The van der Waals surface area contributed by atoms with E-state index >= 15 is 0 Å². The van der Waals surface area contributed by atoms with E-state index < -0.39 is 5.54 Å². The third-order valence-corrected chi connectivity index (χ3v) is 4.56. The minimum atomic E-state index is -0.712. The number of rotatable bonds is 6. The maximum Gasteiger partial charge on any atom is 0.238 e. The van der Waals surface area contributed by atoms with Gasteiger partial charge in [0, 0.05) is 16.4 Å². The predicted molar refractivity (Wildman–Crippen MR) is 73.9 cm³/mol. The molecule has 1 rings (SSSR count). The van der Waals surface area contributed by atoms with E-state index in [1.807, 2.05) is 26.0 Å². The monoisotopic (exact) mass is 317 g/mol. The molecule has 94 valence electrons. The van der Waals surface area contributed by atoms with E-state index in [9.17, 15) is 4.79 Å². The van der Waals surface area contributed by atoms with Gasteiger partial charge in [0.05, 0.1) is 0 Å². The fraction of sp³-hybridized carbons (Fsp3) is 0.455. The van der Waals surface area contributed by atoms with Crippen LogP contribution in [0.4, 0.5) is 0 Å². The van der Waals surface area contributed by atoms with Gasteiger partial charge in [-0.15, -0.1) is 11.8 Å². The largest absolute Gasteiger partial charge is 0.368 e. The van der Waals surface area contributed by atoms with E-state index in [2.05, 4.69) is 26.2 Å². The first kappa shape index (κ1) is 14.5. The second-order valence-electron chi connectivity index (χ2n) is 3.81. The van der Waals surface area contributed by atoms with Crippen LogP contribution in [0.1, 0.15) is 13.8 Å². The summed E-state index contributed by atoms with van der Waals surface area (Å²) in [6.07, 6.45) is 1.72. The lowest BCUT2D eigenvalue weighted by Gasteiger charge is -2.26. The zero-order valence-corrected chi connectivity index (χ0v) is 12.3.